The number of hydrogen-bond acceptors (Lipinski definition) is 6. The number of aromatic nitrogens is 2. The van der Waals surface area contributed by atoms with Crippen molar-refractivity contribution in [3.8, 4) is 11.8 Å². The molecule has 0 aliphatic carbocycles. The minimum absolute atomic E-state index is 0.0160. The Morgan fingerprint density at radius 3 is 2.14 bits per heavy atom. The molecule has 0 amide bonds. The lowest BCUT2D eigenvalue weighted by molar-refractivity contribution is 0.0826. The number of nitrogens with zero attached hydrogens (tertiary/aromatic N) is 1. The Kier molecular flexibility index (Phi) is 10.9. The number of aromatic amines is 2. The Labute approximate surface area is 300 Å². The second-order valence-electron chi connectivity index (χ2n) is 10.1. The van der Waals surface area contributed by atoms with Crippen molar-refractivity contribution < 1.29 is 39.1 Å². The van der Waals surface area contributed by atoms with Crippen LogP contribution in [0.2, 0.25) is 10.0 Å². The zero-order chi connectivity index (χ0) is 36.4. The van der Waals surface area contributed by atoms with Crippen molar-refractivity contribution in [1.29, 1.82) is 5.26 Å². The van der Waals surface area contributed by atoms with Crippen LogP contribution in [0.1, 0.15) is 5.56 Å². The molecular weight excluding hydrogens is 813 g/mol. The summed E-state index contributed by atoms with van der Waals surface area (Å²) in [6.45, 7) is -0.951. The molecule has 6 rings (SSSR count). The second-order valence-corrected chi connectivity index (χ2v) is 15.2. The van der Waals surface area contributed by atoms with Gasteiger partial charge in [0.2, 0.25) is 0 Å². The molecule has 2 aromatic heterocycles. The van der Waals surface area contributed by atoms with Crippen LogP contribution in [0.5, 0.6) is 5.75 Å². The monoisotopic (exact) mass is 831 g/mol. The maximum absolute atomic E-state index is 13.9. The summed E-state index contributed by atoms with van der Waals surface area (Å²) in [5.41, 5.74) is 1.01. The molecule has 4 aromatic carbocycles. The molecule has 50 heavy (non-hydrogen) atoms. The molecule has 6 aromatic rings. The van der Waals surface area contributed by atoms with Crippen LogP contribution in [0.25, 0.3) is 21.8 Å². The van der Waals surface area contributed by atoms with Crippen molar-refractivity contribution in [2.75, 3.05) is 16.1 Å². The predicted molar refractivity (Wildman–Crippen MR) is 185 cm³/mol. The van der Waals surface area contributed by atoms with Gasteiger partial charge in [0, 0.05) is 44.9 Å². The molecular formula is C31H20BrCl2F4N5O5S2. The molecule has 0 saturated heterocycles. The first-order chi connectivity index (χ1) is 23.6. The fraction of sp³-hybridized carbons (Fsp3) is 0.0645. The molecule has 0 bridgehead atoms. The normalized spacial score (nSPS) is 11.7. The highest BCUT2D eigenvalue weighted by Gasteiger charge is 2.24. The summed E-state index contributed by atoms with van der Waals surface area (Å²) in [5.74, 6) is -2.27. The number of alkyl halides is 2. The number of H-pyrrole nitrogens is 2. The van der Waals surface area contributed by atoms with E-state index in [1.807, 2.05) is 16.9 Å². The highest BCUT2D eigenvalue weighted by molar-refractivity contribution is 9.10. The van der Waals surface area contributed by atoms with E-state index in [-0.39, 0.29) is 31.5 Å². The van der Waals surface area contributed by atoms with Gasteiger partial charge in [-0.3, -0.25) is 9.44 Å². The standard InChI is InChI=1S/C16H10Cl2F4N2O3S.C15H10BrN3O2S/c17-8-2-1-7-13(5-23-15(7)16(8)27-6-14(21)22)28(25,26)24-12-4-10(19)9(18)3-11(12)20;16-11-3-6-13-14(7-11)18-9-15(13)22(20,21)19-12-4-1-10(8-17)2-5-12/h1-5,14,23-24H,6H2;1-7,9,18-19H. The number of ether oxygens (including phenoxy) is 1. The Morgan fingerprint density at radius 2 is 1.46 bits per heavy atom. The lowest BCUT2D eigenvalue weighted by Gasteiger charge is -2.10. The Morgan fingerprint density at radius 1 is 0.820 bits per heavy atom. The van der Waals surface area contributed by atoms with Gasteiger partial charge in [-0.2, -0.15) is 5.26 Å². The SMILES string of the molecule is N#Cc1ccc(NS(=O)(=O)c2c[nH]c3cc(Br)ccc23)cc1.O=S(=O)(Nc1cc(F)c(Cl)cc1F)c1c[nH]c2c(OCC(F)F)c(Cl)ccc12. The van der Waals surface area contributed by atoms with Gasteiger partial charge in [0.15, 0.2) is 5.75 Å². The number of sulfonamides is 2. The summed E-state index contributed by atoms with van der Waals surface area (Å²) in [7, 11) is -8.10. The van der Waals surface area contributed by atoms with Crippen LogP contribution in [0.15, 0.2) is 93.4 Å². The van der Waals surface area contributed by atoms with Crippen molar-refractivity contribution in [1.82, 2.24) is 9.97 Å². The van der Waals surface area contributed by atoms with Gasteiger partial charge < -0.3 is 14.7 Å². The largest absolute Gasteiger partial charge is 0.484 e. The first-order valence-electron chi connectivity index (χ1n) is 13.8. The van der Waals surface area contributed by atoms with Crippen molar-refractivity contribution in [2.24, 2.45) is 0 Å². The molecule has 0 radical (unpaired) electrons. The van der Waals surface area contributed by atoms with Gasteiger partial charge in [-0.15, -0.1) is 0 Å². The van der Waals surface area contributed by atoms with Crippen LogP contribution in [0.3, 0.4) is 0 Å². The molecule has 4 N–H and O–H groups in total. The van der Waals surface area contributed by atoms with Crippen molar-refractivity contribution in [3.63, 3.8) is 0 Å². The summed E-state index contributed by atoms with van der Waals surface area (Å²) < 4.78 is 113. The number of benzene rings is 4. The molecule has 10 nitrogen and oxygen atoms in total. The number of fused-ring (bicyclic) bond motifs is 2. The number of hydrogen-bond donors (Lipinski definition) is 4. The number of nitrogens with one attached hydrogen (secondary N) is 4. The van der Waals surface area contributed by atoms with Crippen molar-refractivity contribution >= 4 is 92.4 Å². The third kappa shape index (κ3) is 8.11. The molecule has 260 valence electrons. The summed E-state index contributed by atoms with van der Waals surface area (Å²) in [6.07, 6.45) is -0.264. The van der Waals surface area contributed by atoms with Gasteiger partial charge in [-0.25, -0.2) is 34.4 Å². The molecule has 0 aliphatic heterocycles. The lowest BCUT2D eigenvalue weighted by atomic mass is 10.2. The third-order valence-corrected chi connectivity index (χ3v) is 10.7. The minimum atomic E-state index is -4.39. The van der Waals surface area contributed by atoms with E-state index in [9.17, 15) is 34.4 Å². The van der Waals surface area contributed by atoms with Crippen molar-refractivity contribution in [3.05, 3.63) is 111 Å². The van der Waals surface area contributed by atoms with E-state index in [1.54, 1.807) is 36.4 Å². The molecule has 19 heteroatoms. The van der Waals surface area contributed by atoms with Crippen LogP contribution >= 0.6 is 39.1 Å². The summed E-state index contributed by atoms with van der Waals surface area (Å²) in [5, 5.41) is 8.90. The van der Waals surface area contributed by atoms with Gasteiger partial charge in [0.05, 0.1) is 32.9 Å². The topological polar surface area (TPSA) is 157 Å². The predicted octanol–water partition coefficient (Wildman–Crippen LogP) is 8.80. The van der Waals surface area contributed by atoms with E-state index >= 15 is 0 Å². The number of anilines is 2. The fourth-order valence-corrected chi connectivity index (χ4v) is 7.74. The first kappa shape index (κ1) is 36.8. The van der Waals surface area contributed by atoms with Crippen LogP contribution in [-0.4, -0.2) is 39.8 Å². The smallest absolute Gasteiger partial charge is 0.272 e. The fourth-order valence-electron chi connectivity index (χ4n) is 4.55. The highest BCUT2D eigenvalue weighted by atomic mass is 79.9. The van der Waals surface area contributed by atoms with Gasteiger partial charge in [-0.1, -0.05) is 45.2 Å². The Hall–Kier alpha value is -4.47. The summed E-state index contributed by atoms with van der Waals surface area (Å²) in [4.78, 5) is 5.36. The molecule has 2 heterocycles. The van der Waals surface area contributed by atoms with E-state index < -0.39 is 55.4 Å². The first-order valence-corrected chi connectivity index (χ1v) is 18.3. The summed E-state index contributed by atoms with van der Waals surface area (Å²) in [6, 6.07) is 17.4. The molecule has 0 saturated carbocycles. The van der Waals surface area contributed by atoms with Gasteiger partial charge in [0.25, 0.3) is 26.5 Å². The van der Waals surface area contributed by atoms with Crippen LogP contribution in [-0.2, 0) is 20.0 Å². The number of rotatable bonds is 9. The number of halogens is 7. The lowest BCUT2D eigenvalue weighted by Crippen LogP contribution is -2.14. The highest BCUT2D eigenvalue weighted by Crippen LogP contribution is 2.37. The minimum Gasteiger partial charge on any atom is -0.484 e. The summed E-state index contributed by atoms with van der Waals surface area (Å²) >= 11 is 14.7. The van der Waals surface area contributed by atoms with Gasteiger partial charge in [0.1, 0.15) is 28.0 Å². The van der Waals surface area contributed by atoms with Crippen molar-refractivity contribution in [2.45, 2.75) is 16.2 Å². The second kappa shape index (κ2) is 14.8. The Bertz CT molecular complexity index is 2490. The average molecular weight is 833 g/mol. The van der Waals surface area contributed by atoms with E-state index in [2.05, 4.69) is 30.6 Å². The molecule has 0 aliphatic rings. The average Bonchev–Trinajstić information content (AvgIpc) is 3.69. The molecule has 0 fully saturated rings. The van der Waals surface area contributed by atoms with Crippen LogP contribution in [0.4, 0.5) is 28.9 Å². The third-order valence-electron chi connectivity index (χ3n) is 6.78. The molecule has 0 atom stereocenters. The zero-order valence-corrected chi connectivity index (χ0v) is 29.5. The quantitative estimate of drug-likeness (QED) is 0.0843. The maximum atomic E-state index is 13.9. The van der Waals surface area contributed by atoms with Crippen LogP contribution < -0.4 is 14.2 Å². The molecule has 0 spiro atoms. The van der Waals surface area contributed by atoms with Gasteiger partial charge in [-0.05, 0) is 54.6 Å². The number of nitriles is 1. The zero-order valence-electron chi connectivity index (χ0n) is 24.7. The van der Waals surface area contributed by atoms with Crippen LogP contribution in [0, 0.1) is 23.0 Å². The van der Waals surface area contributed by atoms with E-state index in [0.717, 1.165) is 16.2 Å². The van der Waals surface area contributed by atoms with E-state index in [4.69, 9.17) is 33.2 Å². The van der Waals surface area contributed by atoms with E-state index in [1.165, 1.54) is 18.3 Å². The maximum Gasteiger partial charge on any atom is 0.272 e. The van der Waals surface area contributed by atoms with E-state index in [0.29, 0.717) is 28.8 Å². The Balaban J connectivity index is 0.000000200. The van der Waals surface area contributed by atoms with Gasteiger partial charge >= 0.3 is 0 Å². The molecule has 0 unspecified atom stereocenters.